The van der Waals surface area contributed by atoms with Crippen LogP contribution in [0.1, 0.15) is 6.42 Å². The minimum atomic E-state index is -2.81. The molecule has 0 aliphatic carbocycles. The molecule has 1 aliphatic rings. The number of rotatable bonds is 4. The lowest BCUT2D eigenvalue weighted by atomic mass is 10.2. The molecule has 78 valence electrons. The maximum Gasteiger partial charge on any atom is 0.148 e. The minimum Gasteiger partial charge on any atom is -0.315 e. The molecule has 1 heterocycles. The summed E-state index contributed by atoms with van der Waals surface area (Å²) in [4.78, 5) is 2.13. The van der Waals surface area contributed by atoms with Crippen molar-refractivity contribution >= 4 is 9.84 Å². The lowest BCUT2D eigenvalue weighted by Gasteiger charge is -2.22. The largest absolute Gasteiger partial charge is 0.315 e. The summed E-state index contributed by atoms with van der Waals surface area (Å²) in [6.45, 7) is 2.68. The van der Waals surface area contributed by atoms with Gasteiger partial charge in [0.2, 0.25) is 0 Å². The van der Waals surface area contributed by atoms with E-state index >= 15 is 0 Å². The van der Waals surface area contributed by atoms with Crippen LogP contribution in [0, 0.1) is 0 Å². The lowest BCUT2D eigenvalue weighted by Crippen LogP contribution is -2.36. The molecule has 5 heteroatoms. The highest BCUT2D eigenvalue weighted by Gasteiger charge is 2.19. The Morgan fingerprint density at radius 3 is 2.69 bits per heavy atom. The van der Waals surface area contributed by atoms with E-state index in [-0.39, 0.29) is 5.75 Å². The number of nitrogens with zero attached hydrogens (tertiary/aromatic N) is 1. The first-order valence-corrected chi connectivity index (χ1v) is 6.64. The fraction of sp³-hybridized carbons (Fsp3) is 1.00. The van der Waals surface area contributed by atoms with E-state index in [0.717, 1.165) is 19.5 Å². The number of nitrogens with one attached hydrogen (secondary N) is 1. The van der Waals surface area contributed by atoms with E-state index in [1.807, 2.05) is 7.05 Å². The molecular formula is C8H18N2O2S. The molecule has 0 saturated carbocycles. The fourth-order valence-electron chi connectivity index (χ4n) is 1.51. The van der Waals surface area contributed by atoms with Crippen molar-refractivity contribution in [1.82, 2.24) is 10.2 Å². The predicted molar refractivity (Wildman–Crippen MR) is 53.6 cm³/mol. The third kappa shape index (κ3) is 4.06. The van der Waals surface area contributed by atoms with Crippen LogP contribution in [-0.2, 0) is 9.84 Å². The number of hydrogen-bond donors (Lipinski definition) is 1. The Labute approximate surface area is 80.2 Å². The van der Waals surface area contributed by atoms with Crippen LogP contribution in [0.3, 0.4) is 0 Å². The smallest absolute Gasteiger partial charge is 0.148 e. The number of sulfone groups is 1. The molecule has 1 unspecified atom stereocenters. The molecule has 0 aromatic heterocycles. The maximum atomic E-state index is 10.9. The van der Waals surface area contributed by atoms with Crippen LogP contribution in [0.5, 0.6) is 0 Å². The normalized spacial score (nSPS) is 24.1. The molecule has 4 nitrogen and oxygen atoms in total. The van der Waals surface area contributed by atoms with E-state index in [1.54, 1.807) is 0 Å². The highest BCUT2D eigenvalue weighted by molar-refractivity contribution is 7.90. The van der Waals surface area contributed by atoms with Gasteiger partial charge in [0, 0.05) is 25.4 Å². The van der Waals surface area contributed by atoms with Gasteiger partial charge in [-0.2, -0.15) is 0 Å². The Kier molecular flexibility index (Phi) is 3.70. The average molecular weight is 206 g/mol. The summed E-state index contributed by atoms with van der Waals surface area (Å²) in [5.41, 5.74) is 0. The molecule has 0 spiro atoms. The molecular weight excluding hydrogens is 188 g/mol. The van der Waals surface area contributed by atoms with Crippen molar-refractivity contribution in [3.63, 3.8) is 0 Å². The third-order valence-electron chi connectivity index (χ3n) is 2.47. The summed E-state index contributed by atoms with van der Waals surface area (Å²) in [7, 11) is -0.822. The van der Waals surface area contributed by atoms with Gasteiger partial charge in [0.15, 0.2) is 0 Å². The van der Waals surface area contributed by atoms with E-state index in [4.69, 9.17) is 0 Å². The summed E-state index contributed by atoms with van der Waals surface area (Å²) in [6, 6.07) is 0.516. The van der Waals surface area contributed by atoms with Crippen LogP contribution in [0.2, 0.25) is 0 Å². The first-order chi connectivity index (χ1) is 5.99. The average Bonchev–Trinajstić information content (AvgIpc) is 2.50. The Morgan fingerprint density at radius 1 is 1.54 bits per heavy atom. The molecule has 1 atom stereocenters. The fourth-order valence-corrected chi connectivity index (χ4v) is 2.13. The molecule has 0 aromatic rings. The molecule has 1 saturated heterocycles. The molecule has 1 fully saturated rings. The van der Waals surface area contributed by atoms with Gasteiger partial charge in [0.25, 0.3) is 0 Å². The Balaban J connectivity index is 2.28. The monoisotopic (exact) mass is 206 g/mol. The molecule has 0 amide bonds. The summed E-state index contributed by atoms with van der Waals surface area (Å²) in [6.07, 6.45) is 2.41. The van der Waals surface area contributed by atoms with Crippen molar-refractivity contribution in [3.05, 3.63) is 0 Å². The van der Waals surface area contributed by atoms with E-state index in [9.17, 15) is 8.42 Å². The van der Waals surface area contributed by atoms with Gasteiger partial charge < -0.3 is 10.2 Å². The van der Waals surface area contributed by atoms with Crippen molar-refractivity contribution in [1.29, 1.82) is 0 Å². The molecule has 1 aliphatic heterocycles. The molecule has 0 radical (unpaired) electrons. The van der Waals surface area contributed by atoms with Crippen LogP contribution in [0.4, 0.5) is 0 Å². The van der Waals surface area contributed by atoms with Gasteiger partial charge in [-0.15, -0.1) is 0 Å². The first-order valence-electron chi connectivity index (χ1n) is 4.58. The number of likely N-dealkylation sites (N-methyl/N-ethyl adjacent to an activating group) is 1. The molecule has 13 heavy (non-hydrogen) atoms. The highest BCUT2D eigenvalue weighted by atomic mass is 32.2. The summed E-state index contributed by atoms with van der Waals surface area (Å²) in [5.74, 6) is 0.264. The van der Waals surface area contributed by atoms with E-state index in [1.165, 1.54) is 6.26 Å². The maximum absolute atomic E-state index is 10.9. The Hall–Kier alpha value is -0.130. The van der Waals surface area contributed by atoms with Gasteiger partial charge in [0.05, 0.1) is 5.75 Å². The zero-order valence-electron chi connectivity index (χ0n) is 8.28. The zero-order valence-corrected chi connectivity index (χ0v) is 9.10. The quantitative estimate of drug-likeness (QED) is 0.662. The Bertz CT molecular complexity index is 245. The van der Waals surface area contributed by atoms with E-state index in [2.05, 4.69) is 10.2 Å². The van der Waals surface area contributed by atoms with Crippen LogP contribution >= 0.6 is 0 Å². The molecule has 0 aromatic carbocycles. The van der Waals surface area contributed by atoms with Gasteiger partial charge in [0.1, 0.15) is 9.84 Å². The third-order valence-corrected chi connectivity index (χ3v) is 3.40. The minimum absolute atomic E-state index is 0.264. The SMILES string of the molecule is CN(CCS(C)(=O)=O)C1CCNC1. The molecule has 1 N–H and O–H groups in total. The second-order valence-corrected chi connectivity index (χ2v) is 6.02. The topological polar surface area (TPSA) is 49.4 Å². The number of hydrogen-bond acceptors (Lipinski definition) is 4. The van der Waals surface area contributed by atoms with E-state index in [0.29, 0.717) is 12.6 Å². The van der Waals surface area contributed by atoms with E-state index < -0.39 is 9.84 Å². The first kappa shape index (κ1) is 10.9. The standard InChI is InChI=1S/C8H18N2O2S/c1-10(5-6-13(2,11)12)8-3-4-9-7-8/h8-9H,3-7H2,1-2H3. The van der Waals surface area contributed by atoms with Crippen LogP contribution < -0.4 is 5.32 Å². The zero-order chi connectivity index (χ0) is 9.90. The van der Waals surface area contributed by atoms with Crippen molar-refractivity contribution in [3.8, 4) is 0 Å². The van der Waals surface area contributed by atoms with Crippen molar-refractivity contribution < 1.29 is 8.42 Å². The van der Waals surface area contributed by atoms with Gasteiger partial charge in [-0.05, 0) is 20.0 Å². The van der Waals surface area contributed by atoms with Crippen LogP contribution in [0.25, 0.3) is 0 Å². The van der Waals surface area contributed by atoms with Gasteiger partial charge in [-0.25, -0.2) is 8.42 Å². The summed E-state index contributed by atoms with van der Waals surface area (Å²) in [5, 5.41) is 3.26. The van der Waals surface area contributed by atoms with Crippen LogP contribution in [-0.4, -0.2) is 58.1 Å². The second kappa shape index (κ2) is 4.39. The van der Waals surface area contributed by atoms with Crippen molar-refractivity contribution in [2.75, 3.05) is 38.7 Å². The van der Waals surface area contributed by atoms with Crippen molar-refractivity contribution in [2.45, 2.75) is 12.5 Å². The molecule has 1 rings (SSSR count). The molecule has 0 bridgehead atoms. The van der Waals surface area contributed by atoms with Crippen LogP contribution in [0.15, 0.2) is 0 Å². The van der Waals surface area contributed by atoms with Gasteiger partial charge in [-0.1, -0.05) is 0 Å². The van der Waals surface area contributed by atoms with Gasteiger partial charge in [-0.3, -0.25) is 0 Å². The second-order valence-electron chi connectivity index (χ2n) is 3.76. The van der Waals surface area contributed by atoms with Crippen molar-refractivity contribution in [2.24, 2.45) is 0 Å². The lowest BCUT2D eigenvalue weighted by molar-refractivity contribution is 0.271. The Morgan fingerprint density at radius 2 is 2.23 bits per heavy atom. The predicted octanol–water partition coefficient (Wildman–Crippen LogP) is -0.675. The summed E-state index contributed by atoms with van der Waals surface area (Å²) >= 11 is 0. The highest BCUT2D eigenvalue weighted by Crippen LogP contribution is 2.05. The van der Waals surface area contributed by atoms with Gasteiger partial charge >= 0.3 is 0 Å². The summed E-state index contributed by atoms with van der Waals surface area (Å²) < 4.78 is 21.8.